The SMILES string of the molecule is CCOc1cccc(C(C(N)=O)N2CCNCC2)c1. The molecule has 1 atom stereocenters. The average molecular weight is 263 g/mol. The third-order valence-corrected chi connectivity index (χ3v) is 3.27. The summed E-state index contributed by atoms with van der Waals surface area (Å²) < 4.78 is 5.48. The Morgan fingerprint density at radius 3 is 2.84 bits per heavy atom. The number of nitrogens with two attached hydrogens (primary N) is 1. The minimum atomic E-state index is -0.373. The van der Waals surface area contributed by atoms with Gasteiger partial charge in [-0.1, -0.05) is 12.1 Å². The van der Waals surface area contributed by atoms with Crippen molar-refractivity contribution in [2.75, 3.05) is 32.8 Å². The van der Waals surface area contributed by atoms with Gasteiger partial charge in [-0.3, -0.25) is 9.69 Å². The summed E-state index contributed by atoms with van der Waals surface area (Å²) in [6.45, 7) is 5.97. The van der Waals surface area contributed by atoms with E-state index in [1.54, 1.807) is 0 Å². The minimum absolute atomic E-state index is 0.310. The number of hydrogen-bond acceptors (Lipinski definition) is 4. The summed E-state index contributed by atoms with van der Waals surface area (Å²) in [5.41, 5.74) is 6.48. The molecule has 0 bridgehead atoms. The maximum Gasteiger partial charge on any atom is 0.239 e. The van der Waals surface area contributed by atoms with Gasteiger partial charge in [0.15, 0.2) is 0 Å². The van der Waals surface area contributed by atoms with Gasteiger partial charge in [-0.2, -0.15) is 0 Å². The number of hydrogen-bond donors (Lipinski definition) is 2. The van der Waals surface area contributed by atoms with E-state index < -0.39 is 0 Å². The van der Waals surface area contributed by atoms with Crippen LogP contribution in [0.2, 0.25) is 0 Å². The maximum atomic E-state index is 11.8. The van der Waals surface area contributed by atoms with Crippen LogP contribution in [0.1, 0.15) is 18.5 Å². The van der Waals surface area contributed by atoms with Crippen LogP contribution in [0, 0.1) is 0 Å². The lowest BCUT2D eigenvalue weighted by Crippen LogP contribution is -2.48. The predicted molar refractivity (Wildman–Crippen MR) is 74.0 cm³/mol. The topological polar surface area (TPSA) is 67.6 Å². The van der Waals surface area contributed by atoms with Gasteiger partial charge in [0.1, 0.15) is 11.8 Å². The van der Waals surface area contributed by atoms with Crippen molar-refractivity contribution in [1.29, 1.82) is 0 Å². The van der Waals surface area contributed by atoms with Crippen LogP contribution in [0.15, 0.2) is 24.3 Å². The molecule has 104 valence electrons. The molecule has 1 aromatic carbocycles. The van der Waals surface area contributed by atoms with Crippen molar-refractivity contribution < 1.29 is 9.53 Å². The van der Waals surface area contributed by atoms with Crippen molar-refractivity contribution in [3.63, 3.8) is 0 Å². The number of rotatable bonds is 5. The molecule has 1 aliphatic rings. The number of piperazine rings is 1. The molecule has 0 saturated carbocycles. The largest absolute Gasteiger partial charge is 0.494 e. The Kier molecular flexibility index (Phi) is 4.76. The molecule has 0 spiro atoms. The lowest BCUT2D eigenvalue weighted by molar-refractivity contribution is -0.123. The van der Waals surface area contributed by atoms with E-state index >= 15 is 0 Å². The standard InChI is InChI=1S/C14H21N3O2/c1-2-19-12-5-3-4-11(10-12)13(14(15)18)17-8-6-16-7-9-17/h3-5,10,13,16H,2,6-9H2,1H3,(H2,15,18). The predicted octanol–water partition coefficient (Wildman–Crippen LogP) is 0.517. The first-order valence-electron chi connectivity index (χ1n) is 6.69. The smallest absolute Gasteiger partial charge is 0.239 e. The molecule has 1 heterocycles. The zero-order valence-corrected chi connectivity index (χ0v) is 11.3. The van der Waals surface area contributed by atoms with E-state index in [1.807, 2.05) is 31.2 Å². The van der Waals surface area contributed by atoms with E-state index in [2.05, 4.69) is 10.2 Å². The molecular formula is C14H21N3O2. The molecule has 0 radical (unpaired) electrons. The summed E-state index contributed by atoms with van der Waals surface area (Å²) in [5, 5.41) is 3.27. The maximum absolute atomic E-state index is 11.8. The number of nitrogens with zero attached hydrogens (tertiary/aromatic N) is 1. The van der Waals surface area contributed by atoms with Gasteiger partial charge in [0.2, 0.25) is 5.91 Å². The van der Waals surface area contributed by atoms with Crippen molar-refractivity contribution in [2.24, 2.45) is 5.73 Å². The average Bonchev–Trinajstić information content (AvgIpc) is 2.40. The quantitative estimate of drug-likeness (QED) is 0.812. The van der Waals surface area contributed by atoms with Gasteiger partial charge in [-0.15, -0.1) is 0 Å². The van der Waals surface area contributed by atoms with Crippen LogP contribution in [0.5, 0.6) is 5.75 Å². The van der Waals surface area contributed by atoms with Crippen molar-refractivity contribution in [3.8, 4) is 5.75 Å². The van der Waals surface area contributed by atoms with Crippen molar-refractivity contribution in [1.82, 2.24) is 10.2 Å². The molecule has 1 aliphatic heterocycles. The number of primary amides is 1. The second-order valence-electron chi connectivity index (χ2n) is 4.60. The lowest BCUT2D eigenvalue weighted by Gasteiger charge is -2.33. The molecule has 1 aromatic rings. The summed E-state index contributed by atoms with van der Waals surface area (Å²) in [7, 11) is 0. The number of ether oxygens (including phenoxy) is 1. The molecular weight excluding hydrogens is 242 g/mol. The molecule has 1 unspecified atom stereocenters. The van der Waals surface area contributed by atoms with E-state index in [9.17, 15) is 4.79 Å². The fourth-order valence-electron chi connectivity index (χ4n) is 2.44. The third kappa shape index (κ3) is 3.45. The molecule has 1 saturated heterocycles. The van der Waals surface area contributed by atoms with Gasteiger partial charge in [0, 0.05) is 26.2 Å². The van der Waals surface area contributed by atoms with Crippen molar-refractivity contribution in [3.05, 3.63) is 29.8 Å². The van der Waals surface area contributed by atoms with Gasteiger partial charge in [-0.05, 0) is 24.6 Å². The third-order valence-electron chi connectivity index (χ3n) is 3.27. The van der Waals surface area contributed by atoms with Crippen LogP contribution in [0.3, 0.4) is 0 Å². The van der Waals surface area contributed by atoms with Crippen LogP contribution < -0.4 is 15.8 Å². The lowest BCUT2D eigenvalue weighted by atomic mass is 10.0. The Morgan fingerprint density at radius 1 is 1.47 bits per heavy atom. The molecule has 2 rings (SSSR count). The Labute approximate surface area is 113 Å². The van der Waals surface area contributed by atoms with Crippen LogP contribution in [0.4, 0.5) is 0 Å². The summed E-state index contributed by atoms with van der Waals surface area (Å²) in [4.78, 5) is 13.9. The molecule has 3 N–H and O–H groups in total. The highest BCUT2D eigenvalue weighted by molar-refractivity contribution is 5.81. The second kappa shape index (κ2) is 6.54. The summed E-state index contributed by atoms with van der Waals surface area (Å²) in [6, 6.07) is 7.25. The first kappa shape index (κ1) is 13.8. The fraction of sp³-hybridized carbons (Fsp3) is 0.500. The van der Waals surface area contributed by atoms with Crippen LogP contribution in [-0.4, -0.2) is 43.6 Å². The van der Waals surface area contributed by atoms with Gasteiger partial charge < -0.3 is 15.8 Å². The Bertz CT molecular complexity index is 430. The number of amides is 1. The molecule has 1 amide bonds. The van der Waals surface area contributed by atoms with Crippen molar-refractivity contribution >= 4 is 5.91 Å². The van der Waals surface area contributed by atoms with E-state index in [0.717, 1.165) is 37.5 Å². The Hall–Kier alpha value is -1.59. The van der Waals surface area contributed by atoms with E-state index in [0.29, 0.717) is 6.61 Å². The van der Waals surface area contributed by atoms with Gasteiger partial charge >= 0.3 is 0 Å². The normalized spacial score (nSPS) is 17.9. The van der Waals surface area contributed by atoms with Gasteiger partial charge in [0.05, 0.1) is 6.61 Å². The van der Waals surface area contributed by atoms with Crippen LogP contribution in [0.25, 0.3) is 0 Å². The Morgan fingerprint density at radius 2 is 2.21 bits per heavy atom. The second-order valence-corrected chi connectivity index (χ2v) is 4.60. The highest BCUT2D eigenvalue weighted by Crippen LogP contribution is 2.24. The number of carbonyl (C=O) groups is 1. The van der Waals surface area contributed by atoms with Crippen LogP contribution >= 0.6 is 0 Å². The molecule has 5 nitrogen and oxygen atoms in total. The first-order valence-corrected chi connectivity index (χ1v) is 6.69. The summed E-state index contributed by atoms with van der Waals surface area (Å²) in [6.07, 6.45) is 0. The molecule has 19 heavy (non-hydrogen) atoms. The first-order chi connectivity index (χ1) is 9.22. The van der Waals surface area contributed by atoms with E-state index in [-0.39, 0.29) is 11.9 Å². The number of benzene rings is 1. The molecule has 0 aromatic heterocycles. The van der Waals surface area contributed by atoms with E-state index in [1.165, 1.54) is 0 Å². The van der Waals surface area contributed by atoms with Gasteiger partial charge in [-0.25, -0.2) is 0 Å². The highest BCUT2D eigenvalue weighted by atomic mass is 16.5. The van der Waals surface area contributed by atoms with Gasteiger partial charge in [0.25, 0.3) is 0 Å². The Balaban J connectivity index is 2.22. The summed E-state index contributed by atoms with van der Waals surface area (Å²) in [5.74, 6) is 0.469. The zero-order chi connectivity index (χ0) is 13.7. The molecule has 1 fully saturated rings. The van der Waals surface area contributed by atoms with E-state index in [4.69, 9.17) is 10.5 Å². The minimum Gasteiger partial charge on any atom is -0.494 e. The summed E-state index contributed by atoms with van der Waals surface area (Å²) >= 11 is 0. The monoisotopic (exact) mass is 263 g/mol. The van der Waals surface area contributed by atoms with Crippen LogP contribution in [-0.2, 0) is 4.79 Å². The molecule has 5 heteroatoms. The fourth-order valence-corrected chi connectivity index (χ4v) is 2.44. The zero-order valence-electron chi connectivity index (χ0n) is 11.3. The van der Waals surface area contributed by atoms with Crippen molar-refractivity contribution in [2.45, 2.75) is 13.0 Å². The number of carbonyl (C=O) groups excluding carboxylic acids is 1. The highest BCUT2D eigenvalue weighted by Gasteiger charge is 2.26. The number of nitrogens with one attached hydrogen (secondary N) is 1. The molecule has 0 aliphatic carbocycles.